The molecule has 4 amide bonds. The maximum Gasteiger partial charge on any atom is 0.325 e. The molecular weight excluding hydrogens is 368 g/mol. The number of hydrogen-bond donors (Lipinski definition) is 2. The van der Waals surface area contributed by atoms with Crippen LogP contribution >= 0.6 is 0 Å². The van der Waals surface area contributed by atoms with E-state index in [1.807, 2.05) is 42.5 Å². The summed E-state index contributed by atoms with van der Waals surface area (Å²) >= 11 is 0. The largest absolute Gasteiger partial charge is 0.336 e. The van der Waals surface area contributed by atoms with Crippen LogP contribution < -0.4 is 10.6 Å². The lowest BCUT2D eigenvalue weighted by atomic mass is 9.90. The van der Waals surface area contributed by atoms with Crippen LogP contribution in [0.1, 0.15) is 38.2 Å². The van der Waals surface area contributed by atoms with Crippen LogP contribution in [0.2, 0.25) is 0 Å². The van der Waals surface area contributed by atoms with Gasteiger partial charge in [-0.2, -0.15) is 5.26 Å². The summed E-state index contributed by atoms with van der Waals surface area (Å²) in [6.07, 6.45) is 2.92. The first-order valence-corrected chi connectivity index (χ1v) is 9.73. The fourth-order valence-electron chi connectivity index (χ4n) is 4.23. The van der Waals surface area contributed by atoms with Crippen molar-refractivity contribution in [2.75, 3.05) is 6.54 Å². The molecule has 1 aliphatic heterocycles. The standard InChI is InChI=1S/C22H22N4O3/c1-21(17-9-8-15-6-2-3-7-16(15)12-17)19(28)26(20(29)25-21)13-18(27)24-22(14-23)10-4-5-11-22/h2-3,6-9,12H,4-5,10-11,13H2,1H3,(H,24,27)(H,25,29). The van der Waals surface area contributed by atoms with E-state index in [-0.39, 0.29) is 0 Å². The third-order valence-electron chi connectivity index (χ3n) is 5.95. The molecule has 0 aromatic heterocycles. The van der Waals surface area contributed by atoms with Crippen molar-refractivity contribution in [1.29, 1.82) is 5.26 Å². The highest BCUT2D eigenvalue weighted by Crippen LogP contribution is 2.32. The first kappa shape index (κ1) is 18.9. The number of nitriles is 1. The van der Waals surface area contributed by atoms with Crippen LogP contribution in [0.3, 0.4) is 0 Å². The van der Waals surface area contributed by atoms with Crippen LogP contribution in [0.15, 0.2) is 42.5 Å². The van der Waals surface area contributed by atoms with E-state index in [1.165, 1.54) is 0 Å². The van der Waals surface area contributed by atoms with E-state index >= 15 is 0 Å². The minimum Gasteiger partial charge on any atom is -0.336 e. The molecule has 0 bridgehead atoms. The van der Waals surface area contributed by atoms with Gasteiger partial charge >= 0.3 is 6.03 Å². The molecule has 4 rings (SSSR count). The van der Waals surface area contributed by atoms with Crippen LogP contribution in [0, 0.1) is 11.3 Å². The molecule has 2 aliphatic rings. The van der Waals surface area contributed by atoms with Crippen molar-refractivity contribution in [3.63, 3.8) is 0 Å². The van der Waals surface area contributed by atoms with Gasteiger partial charge in [0.25, 0.3) is 5.91 Å². The highest BCUT2D eigenvalue weighted by atomic mass is 16.2. The van der Waals surface area contributed by atoms with Crippen molar-refractivity contribution in [1.82, 2.24) is 15.5 Å². The van der Waals surface area contributed by atoms with Crippen LogP contribution in [-0.2, 0) is 15.1 Å². The minimum atomic E-state index is -1.25. The summed E-state index contributed by atoms with van der Waals surface area (Å²) in [5.41, 5.74) is -1.48. The summed E-state index contributed by atoms with van der Waals surface area (Å²) in [5, 5.41) is 16.9. The number of carbonyl (C=O) groups excluding carboxylic acids is 3. The molecule has 7 nitrogen and oxygen atoms in total. The number of nitrogens with one attached hydrogen (secondary N) is 2. The fraction of sp³-hybridized carbons (Fsp3) is 0.364. The monoisotopic (exact) mass is 390 g/mol. The summed E-state index contributed by atoms with van der Waals surface area (Å²) in [6.45, 7) is 1.24. The van der Waals surface area contributed by atoms with Crippen LogP contribution in [0.4, 0.5) is 4.79 Å². The third kappa shape index (κ3) is 3.21. The van der Waals surface area contributed by atoms with Crippen LogP contribution in [-0.4, -0.2) is 34.8 Å². The van der Waals surface area contributed by atoms with E-state index in [1.54, 1.807) is 6.92 Å². The molecule has 1 unspecified atom stereocenters. The molecule has 2 fully saturated rings. The number of amides is 4. The molecule has 148 valence electrons. The van der Waals surface area contributed by atoms with Crippen molar-refractivity contribution in [3.8, 4) is 6.07 Å². The second-order valence-corrected chi connectivity index (χ2v) is 7.96. The first-order valence-electron chi connectivity index (χ1n) is 9.73. The molecule has 0 radical (unpaired) electrons. The molecule has 1 aliphatic carbocycles. The van der Waals surface area contributed by atoms with Crippen molar-refractivity contribution in [2.45, 2.75) is 43.7 Å². The zero-order valence-electron chi connectivity index (χ0n) is 16.2. The van der Waals surface area contributed by atoms with Gasteiger partial charge in [0.2, 0.25) is 5.91 Å². The van der Waals surface area contributed by atoms with Crippen LogP contribution in [0.25, 0.3) is 10.8 Å². The van der Waals surface area contributed by atoms with E-state index < -0.39 is 35.5 Å². The number of hydrogen-bond acceptors (Lipinski definition) is 4. The SMILES string of the molecule is CC1(c2ccc3ccccc3c2)NC(=O)N(CC(=O)NC2(C#N)CCCC2)C1=O. The van der Waals surface area contributed by atoms with Gasteiger partial charge in [0, 0.05) is 0 Å². The third-order valence-corrected chi connectivity index (χ3v) is 5.95. The lowest BCUT2D eigenvalue weighted by Gasteiger charge is -2.24. The topological polar surface area (TPSA) is 102 Å². The van der Waals surface area contributed by atoms with Gasteiger partial charge in [0.05, 0.1) is 6.07 Å². The fourth-order valence-corrected chi connectivity index (χ4v) is 4.23. The van der Waals surface area contributed by atoms with Crippen molar-refractivity contribution < 1.29 is 14.4 Å². The molecule has 1 heterocycles. The van der Waals surface area contributed by atoms with Gasteiger partial charge in [-0.15, -0.1) is 0 Å². The van der Waals surface area contributed by atoms with Gasteiger partial charge in [0.15, 0.2) is 0 Å². The summed E-state index contributed by atoms with van der Waals surface area (Å²) in [5.74, 6) is -0.981. The van der Waals surface area contributed by atoms with Gasteiger partial charge in [-0.3, -0.25) is 14.5 Å². The average Bonchev–Trinajstić information content (AvgIpc) is 3.27. The Morgan fingerprint density at radius 3 is 2.55 bits per heavy atom. The highest BCUT2D eigenvalue weighted by molar-refractivity contribution is 6.09. The quantitative estimate of drug-likeness (QED) is 0.783. The number of carbonyl (C=O) groups is 3. The molecule has 1 saturated heterocycles. The number of rotatable bonds is 4. The number of imide groups is 1. The molecule has 2 aromatic carbocycles. The second kappa shape index (κ2) is 6.89. The van der Waals surface area contributed by atoms with E-state index in [2.05, 4.69) is 16.7 Å². The average molecular weight is 390 g/mol. The molecular formula is C22H22N4O3. The van der Waals surface area contributed by atoms with Gasteiger partial charge < -0.3 is 10.6 Å². The Hall–Kier alpha value is -3.40. The van der Waals surface area contributed by atoms with Crippen molar-refractivity contribution in [3.05, 3.63) is 48.0 Å². The summed E-state index contributed by atoms with van der Waals surface area (Å²) < 4.78 is 0. The first-order chi connectivity index (χ1) is 13.9. The lowest BCUT2D eigenvalue weighted by molar-refractivity contribution is -0.135. The molecule has 1 atom stereocenters. The Morgan fingerprint density at radius 1 is 1.17 bits per heavy atom. The number of fused-ring (bicyclic) bond motifs is 1. The highest BCUT2D eigenvalue weighted by Gasteiger charge is 2.50. The van der Waals surface area contributed by atoms with Gasteiger partial charge in [-0.25, -0.2) is 4.79 Å². The smallest absolute Gasteiger partial charge is 0.325 e. The molecule has 2 N–H and O–H groups in total. The Morgan fingerprint density at radius 2 is 1.86 bits per heavy atom. The normalized spacial score (nSPS) is 23.1. The molecule has 1 saturated carbocycles. The summed E-state index contributed by atoms with van der Waals surface area (Å²) in [6, 6.07) is 14.9. The van der Waals surface area contributed by atoms with Crippen molar-refractivity contribution in [2.24, 2.45) is 0 Å². The summed E-state index contributed by atoms with van der Waals surface area (Å²) in [7, 11) is 0. The Kier molecular flexibility index (Phi) is 4.50. The lowest BCUT2D eigenvalue weighted by Crippen LogP contribution is -2.50. The van der Waals surface area contributed by atoms with Crippen molar-refractivity contribution >= 4 is 28.6 Å². The minimum absolute atomic E-state index is 0.405. The maximum atomic E-state index is 13.1. The van der Waals surface area contributed by atoms with Gasteiger partial charge in [-0.05, 0) is 55.0 Å². The predicted molar refractivity (Wildman–Crippen MR) is 106 cm³/mol. The van der Waals surface area contributed by atoms with Crippen LogP contribution in [0.5, 0.6) is 0 Å². The van der Waals surface area contributed by atoms with Gasteiger partial charge in [-0.1, -0.05) is 36.4 Å². The predicted octanol–water partition coefficient (Wildman–Crippen LogP) is 2.56. The Balaban J connectivity index is 1.54. The second-order valence-electron chi connectivity index (χ2n) is 7.96. The Bertz CT molecular complexity index is 1050. The molecule has 7 heteroatoms. The van der Waals surface area contributed by atoms with E-state index in [0.717, 1.165) is 28.5 Å². The molecule has 29 heavy (non-hydrogen) atoms. The number of urea groups is 1. The Labute approximate surface area is 168 Å². The maximum absolute atomic E-state index is 13.1. The zero-order chi connectivity index (χ0) is 20.6. The zero-order valence-corrected chi connectivity index (χ0v) is 16.2. The number of benzene rings is 2. The van der Waals surface area contributed by atoms with Gasteiger partial charge in [0.1, 0.15) is 17.6 Å². The van der Waals surface area contributed by atoms with E-state index in [0.29, 0.717) is 18.4 Å². The van der Waals surface area contributed by atoms with E-state index in [4.69, 9.17) is 0 Å². The molecule has 0 spiro atoms. The summed E-state index contributed by atoms with van der Waals surface area (Å²) in [4.78, 5) is 39.0. The molecule has 2 aromatic rings. The van der Waals surface area contributed by atoms with E-state index in [9.17, 15) is 19.6 Å². The number of nitrogens with zero attached hydrogens (tertiary/aromatic N) is 2.